The fourth-order valence-electron chi connectivity index (χ4n) is 3.74. The summed E-state index contributed by atoms with van der Waals surface area (Å²) in [6.07, 6.45) is 0. The quantitative estimate of drug-likeness (QED) is 0.921. The van der Waals surface area contributed by atoms with E-state index in [0.29, 0.717) is 12.1 Å². The zero-order valence-electron chi connectivity index (χ0n) is 14.9. The average molecular weight is 354 g/mol. The highest BCUT2D eigenvalue weighted by atomic mass is 19.1. The molecule has 0 aromatic heterocycles. The van der Waals surface area contributed by atoms with Gasteiger partial charge in [0.25, 0.3) is 0 Å². The van der Waals surface area contributed by atoms with Crippen LogP contribution in [0.2, 0.25) is 0 Å². The summed E-state index contributed by atoms with van der Waals surface area (Å²) in [4.78, 5) is 18.5. The third kappa shape index (κ3) is 3.01. The smallest absolute Gasteiger partial charge is 0.324 e. The number of benzene rings is 2. The van der Waals surface area contributed by atoms with E-state index in [-0.39, 0.29) is 18.4 Å². The monoisotopic (exact) mass is 354 g/mol. The molecule has 6 heteroatoms. The van der Waals surface area contributed by atoms with Crippen LogP contribution in [0.4, 0.5) is 20.6 Å². The highest BCUT2D eigenvalue weighted by Crippen LogP contribution is 2.36. The molecule has 26 heavy (non-hydrogen) atoms. The van der Waals surface area contributed by atoms with Crippen LogP contribution in [0.1, 0.15) is 11.1 Å². The summed E-state index contributed by atoms with van der Waals surface area (Å²) in [5.41, 5.74) is 3.71. The molecule has 0 bridgehead atoms. The number of nitrogens with zero attached hydrogens (tertiary/aromatic N) is 3. The number of amides is 2. The fraction of sp³-hybridized carbons (Fsp3) is 0.350. The molecule has 2 amide bonds. The van der Waals surface area contributed by atoms with Crippen molar-refractivity contribution in [2.75, 3.05) is 43.0 Å². The van der Waals surface area contributed by atoms with E-state index in [0.717, 1.165) is 37.4 Å². The van der Waals surface area contributed by atoms with Gasteiger partial charge in [-0.2, -0.15) is 0 Å². The second-order valence-electron chi connectivity index (χ2n) is 6.83. The number of nitrogens with one attached hydrogen (secondary N) is 1. The van der Waals surface area contributed by atoms with E-state index in [1.54, 1.807) is 35.0 Å². The number of hydrogen-bond donors (Lipinski definition) is 1. The Morgan fingerprint density at radius 3 is 2.54 bits per heavy atom. The molecule has 0 saturated carbocycles. The number of halogens is 1. The van der Waals surface area contributed by atoms with Crippen molar-refractivity contribution in [2.45, 2.75) is 13.1 Å². The van der Waals surface area contributed by atoms with E-state index in [4.69, 9.17) is 0 Å². The Labute approximate surface area is 153 Å². The Morgan fingerprint density at radius 2 is 1.77 bits per heavy atom. The lowest BCUT2D eigenvalue weighted by atomic mass is 10.0. The van der Waals surface area contributed by atoms with Crippen LogP contribution in [-0.2, 0) is 13.1 Å². The average Bonchev–Trinajstić information content (AvgIpc) is 2.67. The number of anilines is 2. The third-order valence-electron chi connectivity index (χ3n) is 5.11. The van der Waals surface area contributed by atoms with Gasteiger partial charge in [-0.05, 0) is 18.2 Å². The summed E-state index contributed by atoms with van der Waals surface area (Å²) in [6.45, 7) is 4.60. The Morgan fingerprint density at radius 1 is 1.04 bits per heavy atom. The van der Waals surface area contributed by atoms with Gasteiger partial charge in [-0.15, -0.1) is 0 Å². The third-order valence-corrected chi connectivity index (χ3v) is 5.11. The van der Waals surface area contributed by atoms with Crippen molar-refractivity contribution in [3.63, 3.8) is 0 Å². The number of urea groups is 1. The normalized spacial score (nSPS) is 17.5. The lowest BCUT2D eigenvalue weighted by Crippen LogP contribution is -2.47. The molecule has 1 saturated heterocycles. The highest BCUT2D eigenvalue weighted by Gasteiger charge is 2.31. The summed E-state index contributed by atoms with van der Waals surface area (Å²) in [7, 11) is 1.80. The molecule has 2 aliphatic rings. The molecule has 2 aliphatic heterocycles. The van der Waals surface area contributed by atoms with Crippen LogP contribution in [0.5, 0.6) is 0 Å². The van der Waals surface area contributed by atoms with Crippen molar-refractivity contribution < 1.29 is 9.18 Å². The van der Waals surface area contributed by atoms with E-state index in [9.17, 15) is 9.18 Å². The Balaban J connectivity index is 1.73. The molecule has 0 atom stereocenters. The van der Waals surface area contributed by atoms with Crippen LogP contribution in [-0.4, -0.2) is 44.2 Å². The molecule has 1 fully saturated rings. The standard InChI is InChI=1S/C20H23FN4O/c1-23-14-16-18(24-11-9-22-10-12-24)7-4-8-19(16)25(20(23)26)13-15-5-2-3-6-17(15)21/h2-8,22H,9-14H2,1H3. The van der Waals surface area contributed by atoms with Gasteiger partial charge in [0.05, 0.1) is 18.8 Å². The Kier molecular flexibility index (Phi) is 4.51. The SMILES string of the molecule is CN1Cc2c(N3CCNCC3)cccc2N(Cc2ccccc2F)C1=O. The van der Waals surface area contributed by atoms with Crippen LogP contribution in [0.25, 0.3) is 0 Å². The van der Waals surface area contributed by atoms with Gasteiger partial charge in [-0.1, -0.05) is 24.3 Å². The number of hydrogen-bond acceptors (Lipinski definition) is 3. The molecule has 4 rings (SSSR count). The van der Waals surface area contributed by atoms with Gasteiger partial charge in [0.2, 0.25) is 0 Å². The summed E-state index contributed by atoms with van der Waals surface area (Å²) in [5, 5.41) is 3.37. The van der Waals surface area contributed by atoms with Gasteiger partial charge < -0.3 is 15.1 Å². The Bertz CT molecular complexity index is 819. The maximum atomic E-state index is 14.1. The van der Waals surface area contributed by atoms with Gasteiger partial charge in [0.15, 0.2) is 0 Å². The molecule has 2 aromatic carbocycles. The zero-order valence-corrected chi connectivity index (χ0v) is 14.9. The van der Waals surface area contributed by atoms with Crippen LogP contribution < -0.4 is 15.1 Å². The van der Waals surface area contributed by atoms with Gasteiger partial charge in [-0.25, -0.2) is 9.18 Å². The van der Waals surface area contributed by atoms with Crippen LogP contribution in [0.3, 0.4) is 0 Å². The van der Waals surface area contributed by atoms with Crippen molar-refractivity contribution in [2.24, 2.45) is 0 Å². The topological polar surface area (TPSA) is 38.8 Å². The predicted molar refractivity (Wildman–Crippen MR) is 101 cm³/mol. The molecule has 1 N–H and O–H groups in total. The highest BCUT2D eigenvalue weighted by molar-refractivity contribution is 5.96. The number of fused-ring (bicyclic) bond motifs is 1. The molecule has 0 aliphatic carbocycles. The summed E-state index contributed by atoms with van der Waals surface area (Å²) in [5.74, 6) is -0.284. The molecule has 0 unspecified atom stereocenters. The van der Waals surface area contributed by atoms with Crippen LogP contribution >= 0.6 is 0 Å². The molecule has 0 spiro atoms. The number of carbonyl (C=O) groups is 1. The van der Waals surface area contributed by atoms with Gasteiger partial charge in [0, 0.05) is 50.0 Å². The van der Waals surface area contributed by atoms with Crippen molar-refractivity contribution in [3.8, 4) is 0 Å². The molecule has 5 nitrogen and oxygen atoms in total. The second-order valence-corrected chi connectivity index (χ2v) is 6.83. The first-order valence-corrected chi connectivity index (χ1v) is 8.99. The first-order chi connectivity index (χ1) is 12.6. The molecule has 2 aromatic rings. The van der Waals surface area contributed by atoms with Crippen molar-refractivity contribution in [1.29, 1.82) is 0 Å². The second kappa shape index (κ2) is 6.96. The lowest BCUT2D eigenvalue weighted by molar-refractivity contribution is 0.210. The van der Waals surface area contributed by atoms with E-state index in [2.05, 4.69) is 16.3 Å². The maximum absolute atomic E-state index is 14.1. The lowest BCUT2D eigenvalue weighted by Gasteiger charge is -2.39. The van der Waals surface area contributed by atoms with Gasteiger partial charge in [0.1, 0.15) is 5.82 Å². The first kappa shape index (κ1) is 16.8. The number of carbonyl (C=O) groups excluding carboxylic acids is 1. The molecule has 136 valence electrons. The minimum absolute atomic E-state index is 0.0989. The minimum Gasteiger partial charge on any atom is -0.369 e. The van der Waals surface area contributed by atoms with Gasteiger partial charge >= 0.3 is 6.03 Å². The molecule has 2 heterocycles. The van der Waals surface area contributed by atoms with Crippen molar-refractivity contribution in [1.82, 2.24) is 10.2 Å². The molecular formula is C20H23FN4O. The number of piperazine rings is 1. The fourth-order valence-corrected chi connectivity index (χ4v) is 3.74. The van der Waals surface area contributed by atoms with E-state index in [1.807, 2.05) is 12.1 Å². The number of rotatable bonds is 3. The Hall–Kier alpha value is -2.60. The molecular weight excluding hydrogens is 331 g/mol. The minimum atomic E-state index is -0.284. The predicted octanol–water partition coefficient (Wildman–Crippen LogP) is 2.81. The van der Waals surface area contributed by atoms with Crippen LogP contribution in [0.15, 0.2) is 42.5 Å². The van der Waals surface area contributed by atoms with E-state index < -0.39 is 0 Å². The summed E-state index contributed by atoms with van der Waals surface area (Å²) < 4.78 is 14.1. The van der Waals surface area contributed by atoms with Crippen LogP contribution in [0, 0.1) is 5.82 Å². The summed E-state index contributed by atoms with van der Waals surface area (Å²) >= 11 is 0. The first-order valence-electron chi connectivity index (χ1n) is 8.99. The van der Waals surface area contributed by atoms with Crippen molar-refractivity contribution >= 4 is 17.4 Å². The summed E-state index contributed by atoms with van der Waals surface area (Å²) in [6, 6.07) is 12.6. The van der Waals surface area contributed by atoms with Gasteiger partial charge in [-0.3, -0.25) is 4.90 Å². The zero-order chi connectivity index (χ0) is 18.1. The van der Waals surface area contributed by atoms with E-state index in [1.165, 1.54) is 11.8 Å². The van der Waals surface area contributed by atoms with E-state index >= 15 is 0 Å². The van der Waals surface area contributed by atoms with Crippen molar-refractivity contribution in [3.05, 3.63) is 59.4 Å². The molecule has 0 radical (unpaired) electrons. The largest absolute Gasteiger partial charge is 0.369 e. The maximum Gasteiger partial charge on any atom is 0.324 e.